The maximum Gasteiger partial charge on any atom is 0.274 e. The highest BCUT2D eigenvalue weighted by molar-refractivity contribution is 7.92. The van der Waals surface area contributed by atoms with Crippen LogP contribution in [0, 0.1) is 0 Å². The van der Waals surface area contributed by atoms with E-state index in [-0.39, 0.29) is 28.5 Å². The molecule has 25 heavy (non-hydrogen) atoms. The zero-order chi connectivity index (χ0) is 18.2. The van der Waals surface area contributed by atoms with Gasteiger partial charge in [-0.15, -0.1) is 0 Å². The molecule has 2 aromatic carbocycles. The van der Waals surface area contributed by atoms with Crippen LogP contribution in [0.5, 0.6) is 0 Å². The molecule has 0 fully saturated rings. The topological polar surface area (TPSA) is 116 Å². The van der Waals surface area contributed by atoms with Crippen LogP contribution in [0.4, 0.5) is 11.4 Å². The summed E-state index contributed by atoms with van der Waals surface area (Å²) in [5, 5.41) is 8.57. The van der Waals surface area contributed by atoms with Crippen molar-refractivity contribution in [2.45, 2.75) is 11.3 Å². The molecule has 3 N–H and O–H groups in total. The maximum absolute atomic E-state index is 12.5. The van der Waals surface area contributed by atoms with Crippen molar-refractivity contribution in [3.63, 3.8) is 0 Å². The number of carbonyl (C=O) groups excluding carboxylic acids is 2. The first-order chi connectivity index (χ1) is 11.8. The highest BCUT2D eigenvalue weighted by atomic mass is 32.2. The van der Waals surface area contributed by atoms with E-state index in [2.05, 4.69) is 4.72 Å². The zero-order valence-electron chi connectivity index (χ0n) is 13.2. The molecule has 8 nitrogen and oxygen atoms in total. The Hall–Kier alpha value is -2.91. The molecule has 2 amide bonds. The first-order valence-electron chi connectivity index (χ1n) is 7.28. The highest BCUT2D eigenvalue weighted by Gasteiger charge is 2.26. The number of likely N-dealkylation sites (N-methyl/N-ethyl adjacent to an activating group) is 1. The van der Waals surface area contributed by atoms with Gasteiger partial charge in [0.05, 0.1) is 11.3 Å². The van der Waals surface area contributed by atoms with Gasteiger partial charge < -0.3 is 4.90 Å². The fourth-order valence-corrected chi connectivity index (χ4v) is 3.69. The van der Waals surface area contributed by atoms with E-state index < -0.39 is 15.9 Å². The number of rotatable bonds is 4. The summed E-state index contributed by atoms with van der Waals surface area (Å²) in [7, 11) is -2.19. The second kappa shape index (κ2) is 6.19. The average molecular weight is 361 g/mol. The second-order valence-electron chi connectivity index (χ2n) is 5.54. The molecule has 9 heteroatoms. The molecular weight excluding hydrogens is 346 g/mol. The van der Waals surface area contributed by atoms with Crippen molar-refractivity contribution in [3.05, 3.63) is 53.6 Å². The van der Waals surface area contributed by atoms with Crippen LogP contribution in [0.25, 0.3) is 0 Å². The third-order valence-corrected chi connectivity index (χ3v) is 5.32. The van der Waals surface area contributed by atoms with Gasteiger partial charge in [-0.1, -0.05) is 0 Å². The predicted octanol–water partition coefficient (Wildman–Crippen LogP) is 1.13. The van der Waals surface area contributed by atoms with Gasteiger partial charge in [-0.25, -0.2) is 13.9 Å². The molecule has 0 radical (unpaired) electrons. The highest BCUT2D eigenvalue weighted by Crippen LogP contribution is 2.30. The molecule has 1 aliphatic heterocycles. The van der Waals surface area contributed by atoms with E-state index in [9.17, 15) is 18.0 Å². The molecule has 1 heterocycles. The number of benzene rings is 2. The van der Waals surface area contributed by atoms with Crippen LogP contribution < -0.4 is 15.1 Å². The smallest absolute Gasteiger partial charge is 0.274 e. The third-order valence-electron chi connectivity index (χ3n) is 3.94. The van der Waals surface area contributed by atoms with Crippen LogP contribution >= 0.6 is 0 Å². The molecule has 0 saturated carbocycles. The van der Waals surface area contributed by atoms with E-state index in [0.29, 0.717) is 11.3 Å². The van der Waals surface area contributed by atoms with Crippen LogP contribution in [0.2, 0.25) is 0 Å². The molecule has 0 atom stereocenters. The molecule has 0 bridgehead atoms. The van der Waals surface area contributed by atoms with Crippen molar-refractivity contribution in [3.8, 4) is 0 Å². The van der Waals surface area contributed by atoms with E-state index in [4.69, 9.17) is 5.21 Å². The SMILES string of the molecule is CN1C(=O)Cc2cc(S(=O)(=O)Nc3ccc(C(=O)NO)cc3)ccc21. The molecule has 130 valence electrons. The number of hydrogen-bond acceptors (Lipinski definition) is 5. The Kier molecular flexibility index (Phi) is 4.19. The normalized spacial score (nSPS) is 13.5. The molecule has 0 aliphatic carbocycles. The average Bonchev–Trinajstić information content (AvgIpc) is 2.88. The fourth-order valence-electron chi connectivity index (χ4n) is 2.58. The number of fused-ring (bicyclic) bond motifs is 1. The first kappa shape index (κ1) is 16.9. The minimum atomic E-state index is -3.84. The van der Waals surface area contributed by atoms with E-state index in [0.717, 1.165) is 0 Å². The molecular formula is C16H15N3O5S. The van der Waals surface area contributed by atoms with Crippen molar-refractivity contribution in [2.75, 3.05) is 16.7 Å². The van der Waals surface area contributed by atoms with Gasteiger partial charge in [-0.05, 0) is 48.0 Å². The Morgan fingerprint density at radius 1 is 1.16 bits per heavy atom. The number of anilines is 2. The van der Waals surface area contributed by atoms with Gasteiger partial charge in [-0.3, -0.25) is 19.5 Å². The maximum atomic E-state index is 12.5. The Bertz CT molecular complexity index is 954. The van der Waals surface area contributed by atoms with Crippen LogP contribution in [-0.4, -0.2) is 32.5 Å². The number of carbonyl (C=O) groups is 2. The lowest BCUT2D eigenvalue weighted by molar-refractivity contribution is -0.117. The standard InChI is InChI=1S/C16H15N3O5S/c1-19-14-7-6-13(8-11(14)9-15(19)20)25(23,24)18-12-4-2-10(3-5-12)16(21)17-22/h2-8,18,22H,9H2,1H3,(H,17,21). The molecule has 0 aromatic heterocycles. The fraction of sp³-hybridized carbons (Fsp3) is 0.125. The number of hydrogen-bond donors (Lipinski definition) is 3. The summed E-state index contributed by atoms with van der Waals surface area (Å²) in [5.41, 5.74) is 3.30. The number of nitrogens with one attached hydrogen (secondary N) is 2. The van der Waals surface area contributed by atoms with Crippen molar-refractivity contribution < 1.29 is 23.2 Å². The molecule has 0 unspecified atom stereocenters. The quantitative estimate of drug-likeness (QED) is 0.558. The molecule has 1 aliphatic rings. The van der Waals surface area contributed by atoms with E-state index >= 15 is 0 Å². The van der Waals surface area contributed by atoms with Crippen molar-refractivity contribution in [1.82, 2.24) is 5.48 Å². The molecule has 0 saturated heterocycles. The van der Waals surface area contributed by atoms with Gasteiger partial charge in [0.15, 0.2) is 0 Å². The summed E-state index contributed by atoms with van der Waals surface area (Å²) in [5.74, 6) is -0.780. The van der Waals surface area contributed by atoms with Crippen LogP contribution in [0.3, 0.4) is 0 Å². The number of nitrogens with zero attached hydrogens (tertiary/aromatic N) is 1. The lowest BCUT2D eigenvalue weighted by Crippen LogP contribution is -2.20. The minimum Gasteiger partial charge on any atom is -0.315 e. The van der Waals surface area contributed by atoms with Gasteiger partial charge in [0.25, 0.3) is 15.9 Å². The third kappa shape index (κ3) is 3.19. The van der Waals surface area contributed by atoms with E-state index in [1.54, 1.807) is 13.1 Å². The summed E-state index contributed by atoms with van der Waals surface area (Å²) in [6, 6.07) is 10.1. The Labute approximate surface area is 144 Å². The van der Waals surface area contributed by atoms with Crippen molar-refractivity contribution in [2.24, 2.45) is 0 Å². The molecule has 0 spiro atoms. The lowest BCUT2D eigenvalue weighted by Gasteiger charge is -2.12. The van der Waals surface area contributed by atoms with Crippen molar-refractivity contribution in [1.29, 1.82) is 0 Å². The van der Waals surface area contributed by atoms with Crippen LogP contribution in [0.1, 0.15) is 15.9 Å². The Balaban J connectivity index is 1.84. The Morgan fingerprint density at radius 2 is 1.84 bits per heavy atom. The van der Waals surface area contributed by atoms with Crippen molar-refractivity contribution >= 4 is 33.2 Å². The van der Waals surface area contributed by atoms with Gasteiger partial charge in [0, 0.05) is 24.0 Å². The molecule has 2 aromatic rings. The van der Waals surface area contributed by atoms with Crippen LogP contribution in [0.15, 0.2) is 47.4 Å². The zero-order valence-corrected chi connectivity index (χ0v) is 14.0. The summed E-state index contributed by atoms with van der Waals surface area (Å²) < 4.78 is 27.4. The second-order valence-corrected chi connectivity index (χ2v) is 7.23. The number of sulfonamides is 1. The first-order valence-corrected chi connectivity index (χ1v) is 8.77. The van der Waals surface area contributed by atoms with Gasteiger partial charge >= 0.3 is 0 Å². The summed E-state index contributed by atoms with van der Waals surface area (Å²) in [6.07, 6.45) is 0.167. The number of amides is 2. The summed E-state index contributed by atoms with van der Waals surface area (Å²) in [4.78, 5) is 24.5. The predicted molar refractivity (Wildman–Crippen MR) is 90.1 cm³/mol. The monoisotopic (exact) mass is 361 g/mol. The molecule has 3 rings (SSSR count). The van der Waals surface area contributed by atoms with Gasteiger partial charge in [-0.2, -0.15) is 0 Å². The Morgan fingerprint density at radius 3 is 2.48 bits per heavy atom. The van der Waals surface area contributed by atoms with Crippen LogP contribution in [-0.2, 0) is 21.2 Å². The van der Waals surface area contributed by atoms with Gasteiger partial charge in [0.2, 0.25) is 5.91 Å². The summed E-state index contributed by atoms with van der Waals surface area (Å²) in [6.45, 7) is 0. The van der Waals surface area contributed by atoms with E-state index in [1.165, 1.54) is 46.8 Å². The minimum absolute atomic E-state index is 0.0477. The largest absolute Gasteiger partial charge is 0.315 e. The number of hydroxylamine groups is 1. The summed E-state index contributed by atoms with van der Waals surface area (Å²) >= 11 is 0. The van der Waals surface area contributed by atoms with Gasteiger partial charge in [0.1, 0.15) is 0 Å². The lowest BCUT2D eigenvalue weighted by atomic mass is 10.2. The van der Waals surface area contributed by atoms with E-state index in [1.807, 2.05) is 0 Å².